The Morgan fingerprint density at radius 1 is 1.43 bits per heavy atom. The lowest BCUT2D eigenvalue weighted by atomic mass is 10.2. The number of benzene rings is 1. The first-order chi connectivity index (χ1) is 9.81. The Morgan fingerprint density at radius 2 is 2.10 bits per heavy atom. The summed E-state index contributed by atoms with van der Waals surface area (Å²) in [4.78, 5) is 11.4. The number of sulfonamides is 1. The summed E-state index contributed by atoms with van der Waals surface area (Å²) in [7, 11) is -3.86. The van der Waals surface area contributed by atoms with Crippen LogP contribution in [0.3, 0.4) is 0 Å². The molecule has 1 rings (SSSR count). The molecule has 1 unspecified atom stereocenters. The molecule has 0 aliphatic heterocycles. The second kappa shape index (κ2) is 7.53. The second-order valence-corrected chi connectivity index (χ2v) is 7.68. The van der Waals surface area contributed by atoms with Gasteiger partial charge >= 0.3 is 5.97 Å². The smallest absolute Gasteiger partial charge is 0.339 e. The van der Waals surface area contributed by atoms with E-state index >= 15 is 0 Å². The minimum absolute atomic E-state index is 0.0121. The number of anilines is 1. The van der Waals surface area contributed by atoms with Gasteiger partial charge in [-0.15, -0.1) is 0 Å². The standard InChI is InChI=1S/C12H18N2O5S2/c1-3-20(16)7-6-14-21(17,18)11-8-9(13)4-5-10(11)12(15)19-2/h4-5,8,14H,3,6-7,13H2,1-2H3. The van der Waals surface area contributed by atoms with Crippen LogP contribution in [0.2, 0.25) is 0 Å². The van der Waals surface area contributed by atoms with Crippen LogP contribution in [0.4, 0.5) is 5.69 Å². The highest BCUT2D eigenvalue weighted by molar-refractivity contribution is 7.89. The van der Waals surface area contributed by atoms with Gasteiger partial charge in [0.15, 0.2) is 0 Å². The van der Waals surface area contributed by atoms with Gasteiger partial charge in [-0.05, 0) is 18.2 Å². The molecule has 0 heterocycles. The van der Waals surface area contributed by atoms with Crippen LogP contribution in [0.5, 0.6) is 0 Å². The molecule has 3 N–H and O–H groups in total. The second-order valence-electron chi connectivity index (χ2n) is 4.08. The Balaban J connectivity index is 3.04. The lowest BCUT2D eigenvalue weighted by molar-refractivity contribution is 0.0596. The molecule has 0 saturated heterocycles. The lowest BCUT2D eigenvalue weighted by Crippen LogP contribution is -2.29. The number of rotatable bonds is 7. The number of carbonyl (C=O) groups is 1. The normalized spacial score (nSPS) is 12.9. The molecule has 21 heavy (non-hydrogen) atoms. The van der Waals surface area contributed by atoms with Crippen molar-refractivity contribution in [2.24, 2.45) is 0 Å². The van der Waals surface area contributed by atoms with E-state index in [-0.39, 0.29) is 28.4 Å². The summed E-state index contributed by atoms with van der Waals surface area (Å²) < 4.78 is 42.6. The molecule has 0 radical (unpaired) electrons. The van der Waals surface area contributed by atoms with Crippen molar-refractivity contribution in [1.82, 2.24) is 4.72 Å². The number of carbonyl (C=O) groups excluding carboxylic acids is 1. The van der Waals surface area contributed by atoms with Crippen LogP contribution in [-0.4, -0.2) is 43.8 Å². The van der Waals surface area contributed by atoms with Crippen LogP contribution in [0, 0.1) is 0 Å². The number of nitrogens with one attached hydrogen (secondary N) is 1. The zero-order valence-electron chi connectivity index (χ0n) is 11.8. The summed E-state index contributed by atoms with van der Waals surface area (Å²) in [6, 6.07) is 3.89. The van der Waals surface area contributed by atoms with Crippen molar-refractivity contribution >= 4 is 32.5 Å². The maximum atomic E-state index is 12.2. The Labute approximate surface area is 126 Å². The van der Waals surface area contributed by atoms with Crippen LogP contribution < -0.4 is 10.5 Å². The van der Waals surface area contributed by atoms with E-state index in [4.69, 9.17) is 5.73 Å². The van der Waals surface area contributed by atoms with Crippen LogP contribution in [-0.2, 0) is 25.6 Å². The molecule has 0 aliphatic rings. The SMILES string of the molecule is CCS(=O)CCNS(=O)(=O)c1cc(N)ccc1C(=O)OC. The summed E-state index contributed by atoms with van der Waals surface area (Å²) >= 11 is 0. The van der Waals surface area contributed by atoms with Gasteiger partial charge in [0.2, 0.25) is 10.0 Å². The number of hydrogen-bond donors (Lipinski definition) is 2. The molecule has 7 nitrogen and oxygen atoms in total. The average Bonchev–Trinajstić information content (AvgIpc) is 2.45. The fourth-order valence-corrected chi connectivity index (χ4v) is 3.56. The van der Waals surface area contributed by atoms with Crippen LogP contribution in [0.15, 0.2) is 23.1 Å². The molecule has 1 aromatic carbocycles. The number of hydrogen-bond acceptors (Lipinski definition) is 6. The van der Waals surface area contributed by atoms with Gasteiger partial charge in [-0.25, -0.2) is 17.9 Å². The van der Waals surface area contributed by atoms with E-state index in [1.54, 1.807) is 6.92 Å². The summed E-state index contributed by atoms with van der Waals surface area (Å²) in [5, 5.41) is 0. The average molecular weight is 334 g/mol. The molecular weight excluding hydrogens is 316 g/mol. The number of nitrogens with two attached hydrogens (primary N) is 1. The first-order valence-electron chi connectivity index (χ1n) is 6.14. The van der Waals surface area contributed by atoms with E-state index in [0.717, 1.165) is 7.11 Å². The number of methoxy groups -OCH3 is 1. The predicted molar refractivity (Wildman–Crippen MR) is 80.9 cm³/mol. The van der Waals surface area contributed by atoms with E-state index < -0.39 is 26.8 Å². The van der Waals surface area contributed by atoms with Gasteiger partial charge in [0.1, 0.15) is 0 Å². The largest absolute Gasteiger partial charge is 0.465 e. The number of ether oxygens (including phenoxy) is 1. The van der Waals surface area contributed by atoms with E-state index in [0.29, 0.717) is 5.75 Å². The first kappa shape index (κ1) is 17.6. The Kier molecular flexibility index (Phi) is 6.31. The molecule has 0 saturated carbocycles. The van der Waals surface area contributed by atoms with Gasteiger partial charge in [0, 0.05) is 34.5 Å². The van der Waals surface area contributed by atoms with Gasteiger partial charge in [0.05, 0.1) is 17.6 Å². The van der Waals surface area contributed by atoms with Crippen molar-refractivity contribution in [3.05, 3.63) is 23.8 Å². The third-order valence-electron chi connectivity index (χ3n) is 2.64. The predicted octanol–water partition coefficient (Wildman–Crippen LogP) is 0.102. The maximum Gasteiger partial charge on any atom is 0.339 e. The third kappa shape index (κ3) is 4.80. The van der Waals surface area contributed by atoms with E-state index in [9.17, 15) is 17.4 Å². The fraction of sp³-hybridized carbons (Fsp3) is 0.417. The summed E-state index contributed by atoms with van der Waals surface area (Å²) in [6.45, 7) is 1.76. The van der Waals surface area contributed by atoms with Gasteiger partial charge in [-0.2, -0.15) is 0 Å². The minimum atomic E-state index is -3.94. The van der Waals surface area contributed by atoms with Gasteiger partial charge < -0.3 is 10.5 Å². The highest BCUT2D eigenvalue weighted by atomic mass is 32.2. The van der Waals surface area contributed by atoms with E-state index in [1.807, 2.05) is 0 Å². The summed E-state index contributed by atoms with van der Waals surface area (Å²) in [6.07, 6.45) is 0. The zero-order valence-corrected chi connectivity index (χ0v) is 13.4. The molecule has 0 aliphatic carbocycles. The molecule has 1 aromatic rings. The zero-order chi connectivity index (χ0) is 16.0. The number of nitrogen functional groups attached to an aromatic ring is 1. The van der Waals surface area contributed by atoms with E-state index in [1.165, 1.54) is 18.2 Å². The number of esters is 1. The lowest BCUT2D eigenvalue weighted by Gasteiger charge is -2.11. The van der Waals surface area contributed by atoms with Gasteiger partial charge in [-0.3, -0.25) is 4.21 Å². The summed E-state index contributed by atoms with van der Waals surface area (Å²) in [5.74, 6) is -0.119. The first-order valence-corrected chi connectivity index (χ1v) is 9.11. The van der Waals surface area contributed by atoms with Gasteiger partial charge in [0.25, 0.3) is 0 Å². The highest BCUT2D eigenvalue weighted by Crippen LogP contribution is 2.19. The molecule has 118 valence electrons. The summed E-state index contributed by atoms with van der Waals surface area (Å²) in [5.41, 5.74) is 5.68. The van der Waals surface area contributed by atoms with Crippen molar-refractivity contribution in [2.45, 2.75) is 11.8 Å². The van der Waals surface area contributed by atoms with Gasteiger partial charge in [-0.1, -0.05) is 6.92 Å². The highest BCUT2D eigenvalue weighted by Gasteiger charge is 2.23. The molecular formula is C12H18N2O5S2. The maximum absolute atomic E-state index is 12.2. The molecule has 0 spiro atoms. The molecule has 0 amide bonds. The van der Waals surface area contributed by atoms with Crippen molar-refractivity contribution in [2.75, 3.05) is 30.9 Å². The van der Waals surface area contributed by atoms with Crippen molar-refractivity contribution in [3.63, 3.8) is 0 Å². The fourth-order valence-electron chi connectivity index (χ4n) is 1.55. The van der Waals surface area contributed by atoms with Crippen LogP contribution in [0.1, 0.15) is 17.3 Å². The molecule has 9 heteroatoms. The van der Waals surface area contributed by atoms with Crippen LogP contribution in [0.25, 0.3) is 0 Å². The van der Waals surface area contributed by atoms with E-state index in [2.05, 4.69) is 9.46 Å². The molecule has 1 atom stereocenters. The Morgan fingerprint density at radius 3 is 2.67 bits per heavy atom. The minimum Gasteiger partial charge on any atom is -0.465 e. The quantitative estimate of drug-likeness (QED) is 0.540. The molecule has 0 aromatic heterocycles. The van der Waals surface area contributed by atoms with Crippen LogP contribution >= 0.6 is 0 Å². The Bertz CT molecular complexity index is 643. The molecule has 0 bridgehead atoms. The molecule has 0 fully saturated rings. The van der Waals surface area contributed by atoms with Crippen molar-refractivity contribution < 1.29 is 22.2 Å². The Hall–Kier alpha value is -1.45. The topological polar surface area (TPSA) is 116 Å². The monoisotopic (exact) mass is 334 g/mol. The third-order valence-corrected chi connectivity index (χ3v) is 5.45. The van der Waals surface area contributed by atoms with Crippen molar-refractivity contribution in [3.8, 4) is 0 Å². The van der Waals surface area contributed by atoms with Crippen molar-refractivity contribution in [1.29, 1.82) is 0 Å².